The van der Waals surface area contributed by atoms with Crippen LogP contribution in [0.25, 0.3) is 0 Å². The molecule has 1 fully saturated rings. The maximum atomic E-state index is 12.1. The molecule has 5 heteroatoms. The van der Waals surface area contributed by atoms with Crippen molar-refractivity contribution in [3.8, 4) is 0 Å². The Kier molecular flexibility index (Phi) is 3.08. The maximum Gasteiger partial charge on any atom is 0.270 e. The topological polar surface area (TPSA) is 63.5 Å². The van der Waals surface area contributed by atoms with Crippen molar-refractivity contribution in [2.75, 3.05) is 13.1 Å². The van der Waals surface area contributed by atoms with E-state index in [0.29, 0.717) is 5.56 Å². The lowest BCUT2D eigenvalue weighted by molar-refractivity contribution is -0.384. The van der Waals surface area contributed by atoms with E-state index in [0.717, 1.165) is 31.5 Å². The maximum absolute atomic E-state index is 12.1. The van der Waals surface area contributed by atoms with Crippen molar-refractivity contribution >= 4 is 11.6 Å². The Morgan fingerprint density at radius 2 is 1.94 bits per heavy atom. The number of aryl methyl sites for hydroxylation is 1. The molecule has 0 radical (unpaired) electrons. The summed E-state index contributed by atoms with van der Waals surface area (Å²) in [5.41, 5.74) is 1.13. The first-order chi connectivity index (χ1) is 8.08. The van der Waals surface area contributed by atoms with Gasteiger partial charge in [0.2, 0.25) is 0 Å². The molecule has 1 aliphatic rings. The smallest absolute Gasteiger partial charge is 0.270 e. The zero-order valence-corrected chi connectivity index (χ0v) is 9.68. The minimum atomic E-state index is -0.465. The summed E-state index contributed by atoms with van der Waals surface area (Å²) < 4.78 is 0. The van der Waals surface area contributed by atoms with E-state index in [-0.39, 0.29) is 11.6 Å². The van der Waals surface area contributed by atoms with Gasteiger partial charge < -0.3 is 4.90 Å². The highest BCUT2D eigenvalue weighted by Crippen LogP contribution is 2.19. The quantitative estimate of drug-likeness (QED) is 0.581. The third-order valence-electron chi connectivity index (χ3n) is 2.91. The second-order valence-corrected chi connectivity index (χ2v) is 4.31. The number of benzene rings is 1. The van der Waals surface area contributed by atoms with E-state index in [9.17, 15) is 14.9 Å². The number of nitro groups is 1. The summed E-state index contributed by atoms with van der Waals surface area (Å²) in [6.45, 7) is 3.26. The summed E-state index contributed by atoms with van der Waals surface area (Å²) >= 11 is 0. The molecule has 0 saturated carbocycles. The van der Waals surface area contributed by atoms with E-state index in [1.807, 2.05) is 0 Å². The minimum Gasteiger partial charge on any atom is -0.339 e. The van der Waals surface area contributed by atoms with Gasteiger partial charge in [-0.15, -0.1) is 0 Å². The lowest BCUT2D eigenvalue weighted by Gasteiger charge is -2.15. The second-order valence-electron chi connectivity index (χ2n) is 4.31. The van der Waals surface area contributed by atoms with Crippen molar-refractivity contribution in [1.82, 2.24) is 4.90 Å². The second kappa shape index (κ2) is 4.53. The standard InChI is InChI=1S/C12H14N2O3/c1-9-6-10(8-11(7-9)14(16)17)12(15)13-4-2-3-5-13/h6-8H,2-5H2,1H3. The first kappa shape index (κ1) is 11.6. The number of non-ortho nitro benzene ring substituents is 1. The van der Waals surface area contributed by atoms with E-state index in [2.05, 4.69) is 0 Å². The monoisotopic (exact) mass is 234 g/mol. The van der Waals surface area contributed by atoms with Gasteiger partial charge >= 0.3 is 0 Å². The normalized spacial score (nSPS) is 15.0. The summed E-state index contributed by atoms with van der Waals surface area (Å²) in [5, 5.41) is 10.7. The van der Waals surface area contributed by atoms with Crippen LogP contribution in [-0.4, -0.2) is 28.8 Å². The zero-order chi connectivity index (χ0) is 12.4. The molecule has 1 aliphatic heterocycles. The Labute approximate surface area is 99.2 Å². The number of carbonyl (C=O) groups is 1. The van der Waals surface area contributed by atoms with Crippen molar-refractivity contribution in [1.29, 1.82) is 0 Å². The molecule has 1 aromatic rings. The van der Waals surface area contributed by atoms with Crippen LogP contribution in [0.15, 0.2) is 18.2 Å². The molecule has 17 heavy (non-hydrogen) atoms. The molecule has 90 valence electrons. The first-order valence-electron chi connectivity index (χ1n) is 5.63. The van der Waals surface area contributed by atoms with Gasteiger partial charge in [0.25, 0.3) is 11.6 Å². The molecular weight excluding hydrogens is 220 g/mol. The first-order valence-corrected chi connectivity index (χ1v) is 5.63. The van der Waals surface area contributed by atoms with Crippen molar-refractivity contribution < 1.29 is 9.72 Å². The molecule has 1 amide bonds. The van der Waals surface area contributed by atoms with E-state index in [1.54, 1.807) is 17.9 Å². The molecule has 1 aromatic carbocycles. The molecule has 0 atom stereocenters. The highest BCUT2D eigenvalue weighted by atomic mass is 16.6. The van der Waals surface area contributed by atoms with Crippen LogP contribution in [0.3, 0.4) is 0 Å². The molecular formula is C12H14N2O3. The van der Waals surface area contributed by atoms with Crippen LogP contribution in [0.1, 0.15) is 28.8 Å². The lowest BCUT2D eigenvalue weighted by atomic mass is 10.1. The number of hydrogen-bond donors (Lipinski definition) is 0. The number of hydrogen-bond acceptors (Lipinski definition) is 3. The Morgan fingerprint density at radius 3 is 2.53 bits per heavy atom. The largest absolute Gasteiger partial charge is 0.339 e. The number of likely N-dealkylation sites (tertiary alicyclic amines) is 1. The van der Waals surface area contributed by atoms with Gasteiger partial charge in [-0.2, -0.15) is 0 Å². The van der Waals surface area contributed by atoms with Crippen molar-refractivity contribution in [2.24, 2.45) is 0 Å². The highest BCUT2D eigenvalue weighted by molar-refractivity contribution is 5.95. The number of amides is 1. The van der Waals surface area contributed by atoms with Gasteiger partial charge in [0.05, 0.1) is 4.92 Å². The third kappa shape index (κ3) is 2.43. The van der Waals surface area contributed by atoms with E-state index >= 15 is 0 Å². The Balaban J connectivity index is 2.31. The average Bonchev–Trinajstić information content (AvgIpc) is 2.80. The predicted octanol–water partition coefficient (Wildman–Crippen LogP) is 2.14. The van der Waals surface area contributed by atoms with E-state index in [1.165, 1.54) is 12.1 Å². The number of rotatable bonds is 2. The Hall–Kier alpha value is -1.91. The molecule has 0 spiro atoms. The van der Waals surface area contributed by atoms with Crippen LogP contribution in [0, 0.1) is 17.0 Å². The van der Waals surface area contributed by atoms with Crippen molar-refractivity contribution in [3.63, 3.8) is 0 Å². The van der Waals surface area contributed by atoms with E-state index < -0.39 is 4.92 Å². The van der Waals surface area contributed by atoms with E-state index in [4.69, 9.17) is 0 Å². The van der Waals surface area contributed by atoms with Crippen molar-refractivity contribution in [2.45, 2.75) is 19.8 Å². The van der Waals surface area contributed by atoms with Crippen molar-refractivity contribution in [3.05, 3.63) is 39.4 Å². The fourth-order valence-corrected chi connectivity index (χ4v) is 2.09. The van der Waals surface area contributed by atoms with Crippen LogP contribution in [0.2, 0.25) is 0 Å². The summed E-state index contributed by atoms with van der Waals surface area (Å²) in [6.07, 6.45) is 2.03. The average molecular weight is 234 g/mol. The predicted molar refractivity (Wildman–Crippen MR) is 63.0 cm³/mol. The van der Waals surface area contributed by atoms with Crippen LogP contribution >= 0.6 is 0 Å². The Bertz CT molecular complexity index is 465. The molecule has 0 N–H and O–H groups in total. The van der Waals surface area contributed by atoms with Gasteiger partial charge in [-0.3, -0.25) is 14.9 Å². The summed E-state index contributed by atoms with van der Waals surface area (Å²) in [5.74, 6) is -0.102. The number of nitrogens with zero attached hydrogens (tertiary/aromatic N) is 2. The SMILES string of the molecule is Cc1cc(C(=O)N2CCCC2)cc([N+](=O)[O-])c1. The highest BCUT2D eigenvalue weighted by Gasteiger charge is 2.21. The fraction of sp³-hybridized carbons (Fsp3) is 0.417. The Morgan fingerprint density at radius 1 is 1.29 bits per heavy atom. The number of carbonyl (C=O) groups excluding carboxylic acids is 1. The summed E-state index contributed by atoms with van der Waals surface area (Å²) in [7, 11) is 0. The molecule has 0 aliphatic carbocycles. The van der Waals surface area contributed by atoms with Crippen LogP contribution in [0.5, 0.6) is 0 Å². The van der Waals surface area contributed by atoms with Crippen LogP contribution < -0.4 is 0 Å². The van der Waals surface area contributed by atoms with Gasteiger partial charge in [-0.1, -0.05) is 0 Å². The zero-order valence-electron chi connectivity index (χ0n) is 9.68. The molecule has 0 bridgehead atoms. The summed E-state index contributed by atoms with van der Waals surface area (Å²) in [4.78, 5) is 24.1. The van der Waals surface area contributed by atoms with Gasteiger partial charge in [-0.25, -0.2) is 0 Å². The minimum absolute atomic E-state index is 0.0208. The lowest BCUT2D eigenvalue weighted by Crippen LogP contribution is -2.27. The molecule has 0 aromatic heterocycles. The van der Waals surface area contributed by atoms with Crippen LogP contribution in [-0.2, 0) is 0 Å². The number of nitro benzene ring substituents is 1. The van der Waals surface area contributed by atoms with Gasteiger partial charge in [-0.05, 0) is 31.4 Å². The third-order valence-corrected chi connectivity index (χ3v) is 2.91. The molecule has 1 saturated heterocycles. The van der Waals surface area contributed by atoms with Gasteiger partial charge in [0.1, 0.15) is 0 Å². The fourth-order valence-electron chi connectivity index (χ4n) is 2.09. The van der Waals surface area contributed by atoms with Gasteiger partial charge in [0.15, 0.2) is 0 Å². The molecule has 1 heterocycles. The molecule has 5 nitrogen and oxygen atoms in total. The molecule has 0 unspecified atom stereocenters. The molecule has 2 rings (SSSR count). The van der Waals surface area contributed by atoms with Gasteiger partial charge in [0, 0.05) is 30.8 Å². The van der Waals surface area contributed by atoms with Crippen LogP contribution in [0.4, 0.5) is 5.69 Å². The summed E-state index contributed by atoms with van der Waals surface area (Å²) in [6, 6.07) is 4.53.